The Morgan fingerprint density at radius 1 is 1.50 bits per heavy atom. The van der Waals surface area contributed by atoms with E-state index in [0.29, 0.717) is 24.4 Å². The molecule has 3 N–H and O–H groups in total. The first-order valence-electron chi connectivity index (χ1n) is 5.18. The highest BCUT2D eigenvalue weighted by Gasteiger charge is 2.02. The smallest absolute Gasteiger partial charge is 0.224 e. The quantitative estimate of drug-likeness (QED) is 0.758. The van der Waals surface area contributed by atoms with Crippen LogP contribution in [0.3, 0.4) is 0 Å². The molecule has 1 aromatic rings. The molecule has 0 heterocycles. The molecule has 0 aliphatic heterocycles. The Morgan fingerprint density at radius 2 is 2.25 bits per heavy atom. The van der Waals surface area contributed by atoms with E-state index >= 15 is 0 Å². The Kier molecular flexibility index (Phi) is 4.92. The summed E-state index contributed by atoms with van der Waals surface area (Å²) in [6.07, 6.45) is 0.952. The minimum atomic E-state index is 0.00171. The lowest BCUT2D eigenvalue weighted by Crippen LogP contribution is -2.28. The summed E-state index contributed by atoms with van der Waals surface area (Å²) in [5.74, 6) is 0.00171. The van der Waals surface area contributed by atoms with Gasteiger partial charge in [-0.05, 0) is 12.5 Å². The van der Waals surface area contributed by atoms with Crippen LogP contribution in [0.5, 0.6) is 0 Å². The molecule has 0 bridgehead atoms. The fourth-order valence-corrected chi connectivity index (χ4v) is 1.50. The van der Waals surface area contributed by atoms with Crippen molar-refractivity contribution >= 4 is 23.1 Å². The molecular weight excluding hydrogens is 220 g/mol. The molecule has 3 nitrogen and oxygen atoms in total. The van der Waals surface area contributed by atoms with Crippen LogP contribution in [-0.2, 0) is 11.2 Å². The van der Waals surface area contributed by atoms with Gasteiger partial charge in [0.1, 0.15) is 0 Å². The fraction of sp³-hybridized carbons (Fsp3) is 0.333. The van der Waals surface area contributed by atoms with Crippen LogP contribution in [0.25, 0.3) is 0 Å². The van der Waals surface area contributed by atoms with Gasteiger partial charge in [0, 0.05) is 13.0 Å². The third kappa shape index (κ3) is 4.89. The van der Waals surface area contributed by atoms with Crippen LogP contribution in [0.1, 0.15) is 17.5 Å². The van der Waals surface area contributed by atoms with Gasteiger partial charge in [-0.3, -0.25) is 4.79 Å². The number of benzene rings is 1. The lowest BCUT2D eigenvalue weighted by Gasteiger charge is -2.05. The van der Waals surface area contributed by atoms with Crippen molar-refractivity contribution in [3.05, 3.63) is 35.4 Å². The highest BCUT2D eigenvalue weighted by atomic mass is 32.1. The molecule has 0 atom stereocenters. The summed E-state index contributed by atoms with van der Waals surface area (Å²) in [4.78, 5) is 11.9. The zero-order valence-electron chi connectivity index (χ0n) is 9.32. The van der Waals surface area contributed by atoms with Crippen molar-refractivity contribution in [3.63, 3.8) is 0 Å². The minimum absolute atomic E-state index is 0.00171. The number of hydrogen-bond donors (Lipinski definition) is 2. The molecule has 1 rings (SSSR count). The third-order valence-corrected chi connectivity index (χ3v) is 2.34. The summed E-state index contributed by atoms with van der Waals surface area (Å²) in [6, 6.07) is 7.91. The second-order valence-electron chi connectivity index (χ2n) is 3.73. The van der Waals surface area contributed by atoms with Crippen LogP contribution < -0.4 is 11.1 Å². The summed E-state index contributed by atoms with van der Waals surface area (Å²) in [5, 5.41) is 2.78. The second-order valence-corrected chi connectivity index (χ2v) is 4.26. The van der Waals surface area contributed by atoms with Gasteiger partial charge in [0.05, 0.1) is 11.4 Å². The molecule has 0 unspecified atom stereocenters. The summed E-state index contributed by atoms with van der Waals surface area (Å²) in [7, 11) is 0. The van der Waals surface area contributed by atoms with E-state index in [2.05, 4.69) is 5.32 Å². The molecule has 0 fully saturated rings. The summed E-state index contributed by atoms with van der Waals surface area (Å²) < 4.78 is 0. The van der Waals surface area contributed by atoms with Gasteiger partial charge in [0.15, 0.2) is 0 Å². The predicted molar refractivity (Wildman–Crippen MR) is 69.3 cm³/mol. The zero-order chi connectivity index (χ0) is 12.0. The van der Waals surface area contributed by atoms with Gasteiger partial charge in [-0.2, -0.15) is 0 Å². The van der Waals surface area contributed by atoms with Gasteiger partial charge in [-0.1, -0.05) is 42.0 Å². The average molecular weight is 236 g/mol. The first kappa shape index (κ1) is 12.6. The van der Waals surface area contributed by atoms with Crippen LogP contribution in [0.2, 0.25) is 0 Å². The lowest BCUT2D eigenvalue weighted by atomic mass is 10.1. The topological polar surface area (TPSA) is 55.1 Å². The fourth-order valence-electron chi connectivity index (χ4n) is 1.40. The van der Waals surface area contributed by atoms with Crippen molar-refractivity contribution in [2.75, 3.05) is 6.54 Å². The van der Waals surface area contributed by atoms with Crippen LogP contribution in [0, 0.1) is 6.92 Å². The maximum Gasteiger partial charge on any atom is 0.224 e. The first-order chi connectivity index (χ1) is 7.58. The molecule has 0 spiro atoms. The van der Waals surface area contributed by atoms with Crippen molar-refractivity contribution in [3.8, 4) is 0 Å². The Bertz CT molecular complexity index is 390. The Morgan fingerprint density at radius 3 is 2.88 bits per heavy atom. The van der Waals surface area contributed by atoms with Crippen molar-refractivity contribution in [2.24, 2.45) is 5.73 Å². The van der Waals surface area contributed by atoms with Gasteiger partial charge in [-0.25, -0.2) is 0 Å². The van der Waals surface area contributed by atoms with Gasteiger partial charge < -0.3 is 11.1 Å². The van der Waals surface area contributed by atoms with Gasteiger partial charge >= 0.3 is 0 Å². The van der Waals surface area contributed by atoms with E-state index in [1.54, 1.807) is 0 Å². The average Bonchev–Trinajstić information content (AvgIpc) is 2.16. The Labute approximate surface area is 101 Å². The van der Waals surface area contributed by atoms with Gasteiger partial charge in [0.25, 0.3) is 0 Å². The number of carbonyl (C=O) groups is 1. The highest BCUT2D eigenvalue weighted by molar-refractivity contribution is 7.80. The molecule has 1 amide bonds. The number of carbonyl (C=O) groups excluding carboxylic acids is 1. The van der Waals surface area contributed by atoms with Gasteiger partial charge in [-0.15, -0.1) is 0 Å². The molecule has 0 saturated carbocycles. The predicted octanol–water partition coefficient (Wildman–Crippen LogP) is 1.33. The molecule has 0 aromatic heterocycles. The van der Waals surface area contributed by atoms with E-state index in [4.69, 9.17) is 18.0 Å². The van der Waals surface area contributed by atoms with Crippen molar-refractivity contribution in [1.29, 1.82) is 0 Å². The summed E-state index contributed by atoms with van der Waals surface area (Å²) in [6.45, 7) is 2.52. The lowest BCUT2D eigenvalue weighted by molar-refractivity contribution is -0.120. The van der Waals surface area contributed by atoms with E-state index in [-0.39, 0.29) is 5.91 Å². The second kappa shape index (κ2) is 6.23. The van der Waals surface area contributed by atoms with E-state index in [1.807, 2.05) is 31.2 Å². The van der Waals surface area contributed by atoms with E-state index < -0.39 is 0 Å². The van der Waals surface area contributed by atoms with Crippen LogP contribution in [0.15, 0.2) is 24.3 Å². The number of nitrogens with two attached hydrogens (primary N) is 1. The van der Waals surface area contributed by atoms with Crippen LogP contribution >= 0.6 is 12.2 Å². The molecule has 16 heavy (non-hydrogen) atoms. The maximum absolute atomic E-state index is 11.5. The van der Waals surface area contributed by atoms with Gasteiger partial charge in [0.2, 0.25) is 5.91 Å². The normalized spacial score (nSPS) is 9.81. The van der Waals surface area contributed by atoms with E-state index in [9.17, 15) is 4.79 Å². The molecule has 0 saturated heterocycles. The summed E-state index contributed by atoms with van der Waals surface area (Å²) in [5.41, 5.74) is 7.51. The summed E-state index contributed by atoms with van der Waals surface area (Å²) >= 11 is 4.72. The monoisotopic (exact) mass is 236 g/mol. The van der Waals surface area contributed by atoms with E-state index in [0.717, 1.165) is 11.1 Å². The number of aryl methyl sites for hydroxylation is 1. The van der Waals surface area contributed by atoms with Crippen LogP contribution in [-0.4, -0.2) is 17.4 Å². The number of amides is 1. The highest BCUT2D eigenvalue weighted by Crippen LogP contribution is 2.04. The first-order valence-corrected chi connectivity index (χ1v) is 5.59. The van der Waals surface area contributed by atoms with Crippen molar-refractivity contribution in [1.82, 2.24) is 5.32 Å². The molecule has 0 radical (unpaired) electrons. The Balaban J connectivity index is 2.37. The number of hydrogen-bond acceptors (Lipinski definition) is 2. The SMILES string of the molecule is Cc1cccc(CC(=O)NCCC(N)=S)c1. The molecule has 1 aromatic carbocycles. The molecular formula is C12H16N2OS. The third-order valence-electron chi connectivity index (χ3n) is 2.14. The molecule has 4 heteroatoms. The molecule has 0 aliphatic carbocycles. The van der Waals surface area contributed by atoms with Crippen LogP contribution in [0.4, 0.5) is 0 Å². The largest absolute Gasteiger partial charge is 0.393 e. The van der Waals surface area contributed by atoms with Crippen molar-refractivity contribution in [2.45, 2.75) is 19.8 Å². The molecule has 0 aliphatic rings. The van der Waals surface area contributed by atoms with Crippen molar-refractivity contribution < 1.29 is 4.79 Å². The number of thiocarbonyl (C=S) groups is 1. The molecule has 86 valence electrons. The standard InChI is InChI=1S/C12H16N2OS/c1-9-3-2-4-10(7-9)8-12(15)14-6-5-11(13)16/h2-4,7H,5-6,8H2,1H3,(H2,13,16)(H,14,15). The Hall–Kier alpha value is -1.42. The number of rotatable bonds is 5. The maximum atomic E-state index is 11.5. The minimum Gasteiger partial charge on any atom is -0.393 e. The number of nitrogens with one attached hydrogen (secondary N) is 1. The van der Waals surface area contributed by atoms with E-state index in [1.165, 1.54) is 0 Å². The zero-order valence-corrected chi connectivity index (χ0v) is 10.1.